The highest BCUT2D eigenvalue weighted by atomic mass is 32.2. The fourth-order valence-electron chi connectivity index (χ4n) is 1.68. The molecule has 1 saturated heterocycles. The Hall–Kier alpha value is -1.90. The number of hydrogen-bond donors (Lipinski definition) is 3. The van der Waals surface area contributed by atoms with Crippen molar-refractivity contribution in [2.45, 2.75) is 6.04 Å². The number of nitrogens with two attached hydrogens (primary N) is 2. The summed E-state index contributed by atoms with van der Waals surface area (Å²) < 4.78 is 0.304. The van der Waals surface area contributed by atoms with Gasteiger partial charge in [-0.2, -0.15) is 0 Å². The maximum atomic E-state index is 12.2. The van der Waals surface area contributed by atoms with Crippen LogP contribution in [-0.4, -0.2) is 38.8 Å². The molecular formula is C13H13N3O3S2. The van der Waals surface area contributed by atoms with Crippen LogP contribution in [0.5, 0.6) is 0 Å². The molecule has 0 saturated carbocycles. The molecule has 0 aliphatic carbocycles. The number of carboxylic acids is 1. The van der Waals surface area contributed by atoms with E-state index in [0.717, 1.165) is 17.3 Å². The van der Waals surface area contributed by atoms with Gasteiger partial charge in [0.1, 0.15) is 10.4 Å². The number of aliphatic carboxylic acids is 1. The molecule has 0 bridgehead atoms. The SMILES string of the molecule is Nc1ccc(/C=C2\SC(=S)N(CC(N)C(=O)O)C2=O)cc1. The molecule has 1 fully saturated rings. The van der Waals surface area contributed by atoms with Crippen LogP contribution in [0.1, 0.15) is 5.56 Å². The first kappa shape index (κ1) is 15.5. The highest BCUT2D eigenvalue weighted by Gasteiger charge is 2.34. The Morgan fingerprint density at radius 2 is 2.05 bits per heavy atom. The molecule has 1 aromatic rings. The average Bonchev–Trinajstić information content (AvgIpc) is 2.69. The molecule has 21 heavy (non-hydrogen) atoms. The van der Waals surface area contributed by atoms with Gasteiger partial charge in [0.15, 0.2) is 0 Å². The summed E-state index contributed by atoms with van der Waals surface area (Å²) in [6.45, 7) is -0.140. The molecule has 110 valence electrons. The number of anilines is 1. The van der Waals surface area contributed by atoms with Crippen molar-refractivity contribution in [3.05, 3.63) is 34.7 Å². The predicted molar refractivity (Wildman–Crippen MR) is 86.3 cm³/mol. The summed E-state index contributed by atoms with van der Waals surface area (Å²) in [5, 5.41) is 8.80. The lowest BCUT2D eigenvalue weighted by Crippen LogP contribution is -2.44. The predicted octanol–water partition coefficient (Wildman–Crippen LogP) is 0.882. The van der Waals surface area contributed by atoms with Crippen molar-refractivity contribution in [1.82, 2.24) is 4.90 Å². The molecule has 1 aromatic carbocycles. The molecule has 6 nitrogen and oxygen atoms in total. The van der Waals surface area contributed by atoms with Gasteiger partial charge in [-0.25, -0.2) is 0 Å². The summed E-state index contributed by atoms with van der Waals surface area (Å²) in [5.41, 5.74) is 12.5. The number of carbonyl (C=O) groups excluding carboxylic acids is 1. The van der Waals surface area contributed by atoms with Gasteiger partial charge in [-0.1, -0.05) is 36.1 Å². The lowest BCUT2D eigenvalue weighted by atomic mass is 10.2. The van der Waals surface area contributed by atoms with Crippen molar-refractivity contribution in [3.63, 3.8) is 0 Å². The van der Waals surface area contributed by atoms with Gasteiger partial charge in [-0.15, -0.1) is 0 Å². The second kappa shape index (κ2) is 6.25. The van der Waals surface area contributed by atoms with E-state index >= 15 is 0 Å². The van der Waals surface area contributed by atoms with Crippen molar-refractivity contribution in [1.29, 1.82) is 0 Å². The maximum absolute atomic E-state index is 12.2. The molecule has 1 heterocycles. The number of benzene rings is 1. The second-order valence-corrected chi connectivity index (χ2v) is 6.08. The summed E-state index contributed by atoms with van der Waals surface area (Å²) in [7, 11) is 0. The first-order valence-electron chi connectivity index (χ1n) is 5.98. The van der Waals surface area contributed by atoms with Gasteiger partial charge in [-0.05, 0) is 23.8 Å². The van der Waals surface area contributed by atoms with E-state index in [-0.39, 0.29) is 12.5 Å². The zero-order valence-corrected chi connectivity index (χ0v) is 12.5. The van der Waals surface area contributed by atoms with Crippen molar-refractivity contribution < 1.29 is 14.7 Å². The Bertz CT molecular complexity index is 628. The van der Waals surface area contributed by atoms with E-state index < -0.39 is 12.0 Å². The lowest BCUT2D eigenvalue weighted by Gasteiger charge is -2.16. The third kappa shape index (κ3) is 3.60. The normalized spacial score (nSPS) is 18.3. The van der Waals surface area contributed by atoms with E-state index in [2.05, 4.69) is 0 Å². The first-order chi connectivity index (χ1) is 9.88. The van der Waals surface area contributed by atoms with E-state index in [9.17, 15) is 9.59 Å². The van der Waals surface area contributed by atoms with E-state index in [1.54, 1.807) is 30.3 Å². The van der Waals surface area contributed by atoms with E-state index in [1.807, 2.05) is 0 Å². The number of carboxylic acid groups (broad SMARTS) is 1. The molecule has 1 aliphatic heterocycles. The van der Waals surface area contributed by atoms with Crippen LogP contribution < -0.4 is 11.5 Å². The average molecular weight is 323 g/mol. The van der Waals surface area contributed by atoms with Gasteiger partial charge in [0.05, 0.1) is 11.4 Å². The van der Waals surface area contributed by atoms with Crippen LogP contribution >= 0.6 is 24.0 Å². The number of amides is 1. The van der Waals surface area contributed by atoms with E-state index in [4.69, 9.17) is 28.8 Å². The number of nitrogens with zero attached hydrogens (tertiary/aromatic N) is 1. The molecule has 1 unspecified atom stereocenters. The number of carbonyl (C=O) groups is 2. The molecule has 1 atom stereocenters. The monoisotopic (exact) mass is 323 g/mol. The fourth-order valence-corrected chi connectivity index (χ4v) is 2.95. The van der Waals surface area contributed by atoms with E-state index in [1.165, 1.54) is 4.90 Å². The van der Waals surface area contributed by atoms with Crippen molar-refractivity contribution in [2.75, 3.05) is 12.3 Å². The molecule has 5 N–H and O–H groups in total. The van der Waals surface area contributed by atoms with Crippen LogP contribution in [0.4, 0.5) is 5.69 Å². The Labute approximate surface area is 130 Å². The zero-order valence-electron chi connectivity index (χ0n) is 10.9. The summed E-state index contributed by atoms with van der Waals surface area (Å²) in [4.78, 5) is 24.6. The molecule has 0 radical (unpaired) electrons. The van der Waals surface area contributed by atoms with Gasteiger partial charge in [0.2, 0.25) is 0 Å². The van der Waals surface area contributed by atoms with Crippen LogP contribution in [-0.2, 0) is 9.59 Å². The number of rotatable bonds is 4. The van der Waals surface area contributed by atoms with Crippen LogP contribution in [0.2, 0.25) is 0 Å². The lowest BCUT2D eigenvalue weighted by molar-refractivity contribution is -0.139. The molecule has 1 amide bonds. The summed E-state index contributed by atoms with van der Waals surface area (Å²) in [6, 6.07) is 5.86. The van der Waals surface area contributed by atoms with Crippen LogP contribution in [0.15, 0.2) is 29.2 Å². The van der Waals surface area contributed by atoms with Crippen molar-refractivity contribution in [3.8, 4) is 0 Å². The molecule has 8 heteroatoms. The number of thiocarbonyl (C=S) groups is 1. The number of thioether (sulfide) groups is 1. The quantitative estimate of drug-likeness (QED) is 0.428. The fraction of sp³-hybridized carbons (Fsp3) is 0.154. The minimum atomic E-state index is -1.17. The van der Waals surface area contributed by atoms with Gasteiger partial charge < -0.3 is 16.6 Å². The first-order valence-corrected chi connectivity index (χ1v) is 7.20. The van der Waals surface area contributed by atoms with Gasteiger partial charge in [0, 0.05) is 5.69 Å². The molecule has 2 rings (SSSR count). The summed E-state index contributed by atoms with van der Waals surface area (Å²) in [5.74, 6) is -1.51. The number of hydrogen-bond acceptors (Lipinski definition) is 6. The summed E-state index contributed by atoms with van der Waals surface area (Å²) in [6.07, 6.45) is 1.69. The van der Waals surface area contributed by atoms with E-state index in [0.29, 0.717) is 14.9 Å². The van der Waals surface area contributed by atoms with Crippen molar-refractivity contribution >= 4 is 51.9 Å². The van der Waals surface area contributed by atoms with Gasteiger partial charge in [-0.3, -0.25) is 14.5 Å². The number of nitrogen functional groups attached to an aromatic ring is 1. The van der Waals surface area contributed by atoms with Gasteiger partial charge in [0.25, 0.3) is 5.91 Å². The Morgan fingerprint density at radius 3 is 2.62 bits per heavy atom. The standard InChI is InChI=1S/C13H13N3O3S2/c14-8-3-1-7(2-4-8)5-10-11(17)16(13(20)21-10)6-9(15)12(18)19/h1-5,9H,6,14-15H2,(H,18,19)/b10-5-. The summed E-state index contributed by atoms with van der Waals surface area (Å²) >= 11 is 6.22. The van der Waals surface area contributed by atoms with Crippen molar-refractivity contribution in [2.24, 2.45) is 5.73 Å². The molecular weight excluding hydrogens is 310 g/mol. The Morgan fingerprint density at radius 1 is 1.43 bits per heavy atom. The molecule has 0 aromatic heterocycles. The maximum Gasteiger partial charge on any atom is 0.322 e. The molecule has 0 spiro atoms. The van der Waals surface area contributed by atoms with Crippen LogP contribution in [0.3, 0.4) is 0 Å². The zero-order chi connectivity index (χ0) is 15.6. The molecule has 1 aliphatic rings. The van der Waals surface area contributed by atoms with Crippen LogP contribution in [0.25, 0.3) is 6.08 Å². The smallest absolute Gasteiger partial charge is 0.322 e. The Balaban J connectivity index is 2.17. The highest BCUT2D eigenvalue weighted by molar-refractivity contribution is 8.26. The van der Waals surface area contributed by atoms with Crippen LogP contribution in [0, 0.1) is 0 Å². The minimum absolute atomic E-state index is 0.140. The topological polar surface area (TPSA) is 110 Å². The highest BCUT2D eigenvalue weighted by Crippen LogP contribution is 2.32. The third-order valence-electron chi connectivity index (χ3n) is 2.80. The largest absolute Gasteiger partial charge is 0.480 e. The third-order valence-corrected chi connectivity index (χ3v) is 4.18. The minimum Gasteiger partial charge on any atom is -0.480 e. The Kier molecular flexibility index (Phi) is 4.61. The second-order valence-electron chi connectivity index (χ2n) is 4.40. The van der Waals surface area contributed by atoms with Gasteiger partial charge >= 0.3 is 5.97 Å².